The highest BCUT2D eigenvalue weighted by molar-refractivity contribution is 5.95. The summed E-state index contributed by atoms with van der Waals surface area (Å²) < 4.78 is 5.17. The van der Waals surface area contributed by atoms with Gasteiger partial charge in [0, 0.05) is 25.1 Å². The summed E-state index contributed by atoms with van der Waals surface area (Å²) in [5.74, 6) is 0.161. The molecule has 0 amide bonds. The highest BCUT2D eigenvalue weighted by atomic mass is 16.5. The van der Waals surface area contributed by atoms with E-state index in [2.05, 4.69) is 11.8 Å². The van der Waals surface area contributed by atoms with Gasteiger partial charge in [0.2, 0.25) is 0 Å². The Kier molecular flexibility index (Phi) is 2.85. The maximum absolute atomic E-state index is 12.5. The molecule has 0 spiro atoms. The first-order valence-electron chi connectivity index (χ1n) is 5.92. The van der Waals surface area contributed by atoms with Crippen molar-refractivity contribution in [3.05, 3.63) is 0 Å². The van der Waals surface area contributed by atoms with Crippen molar-refractivity contribution in [2.75, 3.05) is 26.9 Å². The average Bonchev–Trinajstić information content (AvgIpc) is 2.24. The Balaban J connectivity index is 2.40. The molecule has 4 atom stereocenters. The van der Waals surface area contributed by atoms with Crippen LogP contribution in [-0.4, -0.2) is 54.2 Å². The molecule has 92 valence electrons. The summed E-state index contributed by atoms with van der Waals surface area (Å²) >= 11 is 0. The third kappa shape index (κ3) is 1.36. The Morgan fingerprint density at radius 1 is 1.62 bits per heavy atom. The fraction of sp³-hybridized carbons (Fsp3) is 0.917. The Morgan fingerprint density at radius 2 is 2.31 bits per heavy atom. The number of fused-ring (bicyclic) bond motifs is 3. The van der Waals surface area contributed by atoms with E-state index in [1.54, 1.807) is 7.11 Å². The highest BCUT2D eigenvalue weighted by Gasteiger charge is 2.60. The number of Topliss-reactive ketones (excluding diaryl/α,β-unsaturated/α-hetero) is 1. The first-order valence-corrected chi connectivity index (χ1v) is 5.92. The van der Waals surface area contributed by atoms with Crippen molar-refractivity contribution in [2.24, 2.45) is 5.41 Å². The molecule has 4 unspecified atom stereocenters. The highest BCUT2D eigenvalue weighted by Crippen LogP contribution is 2.47. The lowest BCUT2D eigenvalue weighted by molar-refractivity contribution is -0.177. The minimum absolute atomic E-state index is 0.139. The van der Waals surface area contributed by atoms with Gasteiger partial charge in [-0.1, -0.05) is 6.92 Å². The van der Waals surface area contributed by atoms with Crippen molar-refractivity contribution in [2.45, 2.75) is 38.3 Å². The van der Waals surface area contributed by atoms with Crippen LogP contribution in [0.5, 0.6) is 0 Å². The van der Waals surface area contributed by atoms with Gasteiger partial charge in [-0.25, -0.2) is 0 Å². The van der Waals surface area contributed by atoms with Crippen molar-refractivity contribution >= 4 is 5.78 Å². The Hall–Kier alpha value is -0.450. The number of piperidine rings is 3. The largest absolute Gasteiger partial charge is 0.394 e. The molecule has 0 aromatic rings. The van der Waals surface area contributed by atoms with Crippen LogP contribution in [0.15, 0.2) is 0 Å². The van der Waals surface area contributed by atoms with Crippen LogP contribution >= 0.6 is 0 Å². The number of rotatable bonds is 3. The number of aliphatic hydroxyl groups excluding tert-OH is 1. The molecular formula is C12H21NO3. The summed E-state index contributed by atoms with van der Waals surface area (Å²) in [6.07, 6.45) is 1.80. The van der Waals surface area contributed by atoms with E-state index in [4.69, 9.17) is 4.74 Å². The third-order valence-corrected chi connectivity index (χ3v) is 4.35. The molecule has 0 aromatic heterocycles. The molecular weight excluding hydrogens is 206 g/mol. The number of aliphatic hydroxyl groups is 1. The lowest BCUT2D eigenvalue weighted by atomic mass is 9.62. The summed E-state index contributed by atoms with van der Waals surface area (Å²) in [4.78, 5) is 14.6. The van der Waals surface area contributed by atoms with Crippen LogP contribution in [0, 0.1) is 5.41 Å². The predicted octanol–water partition coefficient (Wildman–Crippen LogP) is 0.437. The van der Waals surface area contributed by atoms with Crippen molar-refractivity contribution in [3.63, 3.8) is 0 Å². The Labute approximate surface area is 96.6 Å². The van der Waals surface area contributed by atoms with Gasteiger partial charge in [-0.05, 0) is 19.8 Å². The molecule has 2 bridgehead atoms. The van der Waals surface area contributed by atoms with Gasteiger partial charge in [-0.3, -0.25) is 9.69 Å². The zero-order chi connectivity index (χ0) is 12.0. The van der Waals surface area contributed by atoms with E-state index in [1.807, 2.05) is 6.92 Å². The van der Waals surface area contributed by atoms with Crippen LogP contribution in [0.3, 0.4) is 0 Å². The Bertz CT molecular complexity index is 307. The molecule has 3 aliphatic heterocycles. The number of nitrogens with zero attached hydrogens (tertiary/aromatic N) is 1. The molecule has 0 aromatic carbocycles. The van der Waals surface area contributed by atoms with Gasteiger partial charge in [0.05, 0.1) is 13.2 Å². The topological polar surface area (TPSA) is 49.8 Å². The number of ketones is 1. The molecule has 4 nitrogen and oxygen atoms in total. The first-order chi connectivity index (χ1) is 7.50. The number of hydrogen-bond donors (Lipinski definition) is 1. The number of carbonyl (C=O) groups is 1. The molecule has 0 saturated carbocycles. The van der Waals surface area contributed by atoms with Gasteiger partial charge in [-0.15, -0.1) is 0 Å². The van der Waals surface area contributed by atoms with Crippen molar-refractivity contribution < 1.29 is 14.6 Å². The predicted molar refractivity (Wildman–Crippen MR) is 60.2 cm³/mol. The van der Waals surface area contributed by atoms with E-state index in [9.17, 15) is 9.90 Å². The molecule has 3 aliphatic rings. The molecule has 0 radical (unpaired) electrons. The molecule has 4 heteroatoms. The number of methoxy groups -OCH3 is 1. The first kappa shape index (κ1) is 12.0. The minimum atomic E-state index is -0.792. The lowest BCUT2D eigenvalue weighted by Gasteiger charge is -2.59. The van der Waals surface area contributed by atoms with E-state index >= 15 is 0 Å². The molecule has 3 heterocycles. The average molecular weight is 227 g/mol. The van der Waals surface area contributed by atoms with E-state index in [0.29, 0.717) is 12.6 Å². The smallest absolute Gasteiger partial charge is 0.163 e. The molecule has 3 saturated heterocycles. The summed E-state index contributed by atoms with van der Waals surface area (Å²) in [6, 6.07) is 0.346. The fourth-order valence-corrected chi connectivity index (χ4v) is 3.58. The molecule has 0 aliphatic carbocycles. The summed E-state index contributed by atoms with van der Waals surface area (Å²) in [5.41, 5.74) is -1.06. The standard InChI is InChI=1S/C12H21NO3/c1-9-6-11(2)4-5-13(9)12(7-14,8-16-3)10(11)15/h9,14H,4-8H2,1-3H3. The van der Waals surface area contributed by atoms with Crippen LogP contribution < -0.4 is 0 Å². The minimum Gasteiger partial charge on any atom is -0.394 e. The Morgan fingerprint density at radius 3 is 2.81 bits per heavy atom. The van der Waals surface area contributed by atoms with Gasteiger partial charge in [0.25, 0.3) is 0 Å². The van der Waals surface area contributed by atoms with Gasteiger partial charge in [-0.2, -0.15) is 0 Å². The van der Waals surface area contributed by atoms with Crippen LogP contribution in [0.2, 0.25) is 0 Å². The number of carbonyl (C=O) groups excluding carboxylic acids is 1. The maximum Gasteiger partial charge on any atom is 0.163 e. The molecule has 3 fully saturated rings. The van der Waals surface area contributed by atoms with Crippen LogP contribution in [0.4, 0.5) is 0 Å². The molecule has 16 heavy (non-hydrogen) atoms. The van der Waals surface area contributed by atoms with Crippen molar-refractivity contribution in [3.8, 4) is 0 Å². The second kappa shape index (κ2) is 3.79. The quantitative estimate of drug-likeness (QED) is 0.760. The SMILES string of the molecule is COCC1(CO)C(=O)C2(C)CCN1C(C)C2. The number of hydrogen-bond acceptors (Lipinski definition) is 4. The van der Waals surface area contributed by atoms with Crippen LogP contribution in [0.1, 0.15) is 26.7 Å². The molecule has 1 N–H and O–H groups in total. The zero-order valence-electron chi connectivity index (χ0n) is 10.3. The lowest BCUT2D eigenvalue weighted by Crippen LogP contribution is -2.74. The maximum atomic E-state index is 12.5. The summed E-state index contributed by atoms with van der Waals surface area (Å²) in [7, 11) is 1.58. The van der Waals surface area contributed by atoms with Crippen molar-refractivity contribution in [1.82, 2.24) is 4.90 Å². The normalized spacial score (nSPS) is 47.4. The molecule has 3 rings (SSSR count). The monoisotopic (exact) mass is 227 g/mol. The van der Waals surface area contributed by atoms with E-state index in [0.717, 1.165) is 19.4 Å². The second-order valence-corrected chi connectivity index (χ2v) is 5.51. The van der Waals surface area contributed by atoms with E-state index in [1.165, 1.54) is 0 Å². The third-order valence-electron chi connectivity index (χ3n) is 4.35. The van der Waals surface area contributed by atoms with E-state index in [-0.39, 0.29) is 17.8 Å². The van der Waals surface area contributed by atoms with Gasteiger partial charge >= 0.3 is 0 Å². The van der Waals surface area contributed by atoms with Gasteiger partial charge < -0.3 is 9.84 Å². The second-order valence-electron chi connectivity index (χ2n) is 5.51. The van der Waals surface area contributed by atoms with E-state index < -0.39 is 5.54 Å². The fourth-order valence-electron chi connectivity index (χ4n) is 3.58. The van der Waals surface area contributed by atoms with Gasteiger partial charge in [0.15, 0.2) is 5.78 Å². The summed E-state index contributed by atoms with van der Waals surface area (Å²) in [6.45, 7) is 5.20. The van der Waals surface area contributed by atoms with Crippen LogP contribution in [0.25, 0.3) is 0 Å². The number of ether oxygens (including phenoxy) is 1. The van der Waals surface area contributed by atoms with Gasteiger partial charge in [0.1, 0.15) is 5.54 Å². The van der Waals surface area contributed by atoms with Crippen molar-refractivity contribution in [1.29, 1.82) is 0 Å². The van der Waals surface area contributed by atoms with Crippen LogP contribution in [-0.2, 0) is 9.53 Å². The summed E-state index contributed by atoms with van der Waals surface area (Å²) in [5, 5.41) is 9.65. The zero-order valence-corrected chi connectivity index (χ0v) is 10.3.